The highest BCUT2D eigenvalue weighted by Crippen LogP contribution is 2.55. The molecule has 0 atom stereocenters. The molecule has 0 amide bonds. The third-order valence-electron chi connectivity index (χ3n) is 29.9. The van der Waals surface area contributed by atoms with Crippen LogP contribution in [0.15, 0.2) is 547 Å². The maximum Gasteiger partial charge on any atom is 0.143 e. The quantitative estimate of drug-likeness (QED) is 0.0957. The lowest BCUT2D eigenvalue weighted by Crippen LogP contribution is -1.94. The monoisotopic (exact) mass is 1840 g/mol. The van der Waals surface area contributed by atoms with Gasteiger partial charge in [0.05, 0.1) is 0 Å². The van der Waals surface area contributed by atoms with E-state index in [9.17, 15) is 0 Å². The Morgan fingerprint density at radius 1 is 0.0966 bits per heavy atom. The first-order chi connectivity index (χ1) is 72.0. The van der Waals surface area contributed by atoms with Gasteiger partial charge in [-0.2, -0.15) is 0 Å². The summed E-state index contributed by atoms with van der Waals surface area (Å²) in [4.78, 5) is 0. The number of para-hydroxylation sites is 3. The van der Waals surface area contributed by atoms with Gasteiger partial charge in [-0.25, -0.2) is 0 Å². The normalized spacial score (nSPS) is 11.7. The van der Waals surface area contributed by atoms with E-state index in [1.807, 2.05) is 18.2 Å². The van der Waals surface area contributed by atoms with Gasteiger partial charge in [-0.15, -0.1) is 0 Å². The van der Waals surface area contributed by atoms with E-state index in [0.29, 0.717) is 0 Å². The third kappa shape index (κ3) is 14.1. The van der Waals surface area contributed by atoms with Gasteiger partial charge >= 0.3 is 0 Å². The second-order valence-electron chi connectivity index (χ2n) is 38.0. The van der Waals surface area contributed by atoms with Crippen LogP contribution in [0.3, 0.4) is 0 Å². The van der Waals surface area contributed by atoms with E-state index in [4.69, 9.17) is 13.3 Å². The van der Waals surface area contributed by atoms with Crippen LogP contribution in [0.2, 0.25) is 0 Å². The van der Waals surface area contributed by atoms with Crippen LogP contribution >= 0.6 is 0 Å². The van der Waals surface area contributed by atoms with Crippen LogP contribution in [-0.4, -0.2) is 0 Å². The number of furan rings is 3. The molecular formula is C142H88O3. The van der Waals surface area contributed by atoms with Crippen molar-refractivity contribution in [3.05, 3.63) is 534 Å². The Hall–Kier alpha value is -19.1. The van der Waals surface area contributed by atoms with E-state index in [1.54, 1.807) is 0 Å². The molecule has 3 heterocycles. The standard InChI is InChI=1S/2C48H30O.C46H28O/c1-3-15-31(16-4-1)42-29-34(30-43-36-21-13-14-26-44(36)49-48(42)43)46-37-22-9-11-24-39(37)47(40-25-12-10-23-38(40)46)41-28-27-32-17-7-8-20-35(32)45(41)33-18-5-2-6-19-33;1-3-15-31(16-4-1)34-27-28-42(36-20-8-7-19-35(34)36)47-40-24-11-9-22-38(40)46(39-23-10-12-25-41(39)47)33-29-43(32-17-5-2-6-18-32)48-44(30-33)37-21-13-14-26-45(37)49-48;1-2-14-29(15-3-1)40-27-31(28-42-35-20-12-13-25-43(35)47-46(40)42)44-36-21-8-10-23-38(36)45(39-24-11-9-22-37(39)44)41-26-30-16-4-5-17-32(30)33-18-6-7-19-34(33)41/h2*1-30H;1-28H. The smallest absolute Gasteiger partial charge is 0.143 e. The second-order valence-corrected chi connectivity index (χ2v) is 38.0. The molecule has 0 aliphatic carbocycles. The topological polar surface area (TPSA) is 39.4 Å². The first kappa shape index (κ1) is 84.0. The molecule has 0 unspecified atom stereocenters. The molecule has 145 heavy (non-hydrogen) atoms. The fraction of sp³-hybridized carbons (Fsp3) is 0. The molecule has 0 aliphatic rings. The van der Waals surface area contributed by atoms with E-state index < -0.39 is 0 Å². The van der Waals surface area contributed by atoms with Crippen LogP contribution < -0.4 is 0 Å². The van der Waals surface area contributed by atoms with Crippen molar-refractivity contribution in [1.82, 2.24) is 0 Å². The van der Waals surface area contributed by atoms with E-state index >= 15 is 0 Å². The average molecular weight is 1840 g/mol. The van der Waals surface area contributed by atoms with Gasteiger partial charge in [0.1, 0.15) is 33.5 Å². The summed E-state index contributed by atoms with van der Waals surface area (Å²) in [5.74, 6) is 0. The summed E-state index contributed by atoms with van der Waals surface area (Å²) < 4.78 is 19.7. The SMILES string of the molecule is c1ccc(-c2c(-c3c4ccccc4c(-c4cc(-c5ccccc5)c5oc6ccccc6c5c4)c4ccccc34)ccc3ccccc23)cc1.c1ccc(-c2cc(-c3c4ccccc4c(-c4cc5ccccc5c5ccccc45)c4ccccc34)cc3c2oc2ccccc23)cc1.c1ccc(-c2ccc(-c3c4ccccc4c(-c4cc(-c5ccccc5)c5oc6ccccc6c5c4)c4ccccc34)c3ccccc23)cc1. The molecule has 3 heteroatoms. The first-order valence-electron chi connectivity index (χ1n) is 49.9. The minimum Gasteiger partial charge on any atom is -0.455 e. The van der Waals surface area contributed by atoms with Gasteiger partial charge in [0.15, 0.2) is 0 Å². The molecular weight excluding hydrogens is 1750 g/mol. The van der Waals surface area contributed by atoms with E-state index in [1.165, 1.54) is 197 Å². The highest BCUT2D eigenvalue weighted by Gasteiger charge is 2.29. The van der Waals surface area contributed by atoms with E-state index in [0.717, 1.165) is 99.2 Å². The van der Waals surface area contributed by atoms with Crippen molar-refractivity contribution in [3.63, 3.8) is 0 Å². The molecule has 674 valence electrons. The van der Waals surface area contributed by atoms with Crippen molar-refractivity contribution in [1.29, 1.82) is 0 Å². The summed E-state index contributed by atoms with van der Waals surface area (Å²) in [5, 5.41) is 31.8. The highest BCUT2D eigenvalue weighted by molar-refractivity contribution is 6.31. The molecule has 3 nitrogen and oxygen atoms in total. The minimum absolute atomic E-state index is 0.904. The van der Waals surface area contributed by atoms with Crippen molar-refractivity contribution in [2.24, 2.45) is 0 Å². The number of hydrogen-bond acceptors (Lipinski definition) is 3. The summed E-state index contributed by atoms with van der Waals surface area (Å²) >= 11 is 0. The third-order valence-corrected chi connectivity index (χ3v) is 29.9. The molecule has 0 fully saturated rings. The lowest BCUT2D eigenvalue weighted by Gasteiger charge is -2.21. The predicted octanol–water partition coefficient (Wildman–Crippen LogP) is 40.6. The zero-order valence-electron chi connectivity index (χ0n) is 79.0. The van der Waals surface area contributed by atoms with Crippen LogP contribution in [-0.2, 0) is 0 Å². The Labute approximate surface area is 836 Å². The highest BCUT2D eigenvalue weighted by atomic mass is 16.3. The van der Waals surface area contributed by atoms with Gasteiger partial charge in [-0.1, -0.05) is 473 Å². The summed E-state index contributed by atoms with van der Waals surface area (Å²) in [6, 6.07) is 193. The number of rotatable bonds is 11. The fourth-order valence-corrected chi connectivity index (χ4v) is 23.6. The van der Waals surface area contributed by atoms with Crippen molar-refractivity contribution in [3.8, 4) is 122 Å². The maximum absolute atomic E-state index is 6.57. The van der Waals surface area contributed by atoms with Gasteiger partial charge < -0.3 is 13.3 Å². The van der Waals surface area contributed by atoms with Crippen LogP contribution in [0.1, 0.15) is 0 Å². The average Bonchev–Trinajstić information content (AvgIpc) is 1.46. The first-order valence-corrected chi connectivity index (χ1v) is 49.9. The molecule has 0 saturated carbocycles. The number of fused-ring (bicyclic) bond motifs is 20. The van der Waals surface area contributed by atoms with Gasteiger partial charge in [0.25, 0.3) is 0 Å². The molecule has 30 aromatic rings. The molecule has 0 aliphatic heterocycles. The molecule has 30 rings (SSSR count). The Morgan fingerprint density at radius 3 is 0.690 bits per heavy atom. The molecule has 0 saturated heterocycles. The van der Waals surface area contributed by atoms with Crippen LogP contribution in [0.4, 0.5) is 0 Å². The van der Waals surface area contributed by atoms with Crippen molar-refractivity contribution in [2.75, 3.05) is 0 Å². The van der Waals surface area contributed by atoms with E-state index in [2.05, 4.69) is 516 Å². The fourth-order valence-electron chi connectivity index (χ4n) is 23.6. The van der Waals surface area contributed by atoms with Gasteiger partial charge in [-0.3, -0.25) is 0 Å². The second kappa shape index (κ2) is 35.1. The minimum atomic E-state index is 0.904. The van der Waals surface area contributed by atoms with Crippen molar-refractivity contribution >= 4 is 174 Å². The Morgan fingerprint density at radius 2 is 0.331 bits per heavy atom. The Balaban J connectivity index is 0.000000106. The summed E-state index contributed by atoms with van der Waals surface area (Å²) in [7, 11) is 0. The van der Waals surface area contributed by atoms with Crippen LogP contribution in [0.25, 0.3) is 296 Å². The van der Waals surface area contributed by atoms with Crippen LogP contribution in [0, 0.1) is 0 Å². The lowest BCUT2D eigenvalue weighted by molar-refractivity contribution is 0.669. The molecule has 0 spiro atoms. The van der Waals surface area contributed by atoms with Crippen molar-refractivity contribution in [2.45, 2.75) is 0 Å². The molecule has 0 bridgehead atoms. The molecule has 0 radical (unpaired) electrons. The largest absolute Gasteiger partial charge is 0.455 e. The van der Waals surface area contributed by atoms with E-state index in [-0.39, 0.29) is 0 Å². The van der Waals surface area contributed by atoms with Crippen LogP contribution in [0.5, 0.6) is 0 Å². The number of benzene rings is 27. The summed E-state index contributed by atoms with van der Waals surface area (Å²) in [5.41, 5.74) is 32.0. The Bertz CT molecular complexity index is 10300. The molecule has 27 aromatic carbocycles. The van der Waals surface area contributed by atoms with Gasteiger partial charge in [0, 0.05) is 49.0 Å². The zero-order chi connectivity index (χ0) is 95.5. The van der Waals surface area contributed by atoms with Gasteiger partial charge in [-0.05, 0) is 274 Å². The summed E-state index contributed by atoms with van der Waals surface area (Å²) in [6.45, 7) is 0. The lowest BCUT2D eigenvalue weighted by atomic mass is 9.82. The molecule has 0 N–H and O–H groups in total. The predicted molar refractivity (Wildman–Crippen MR) is 616 cm³/mol. The maximum atomic E-state index is 6.57. The number of hydrogen-bond donors (Lipinski definition) is 0. The van der Waals surface area contributed by atoms with Crippen molar-refractivity contribution < 1.29 is 13.3 Å². The zero-order valence-corrected chi connectivity index (χ0v) is 79.0. The molecule has 3 aromatic heterocycles. The Kier molecular flexibility index (Phi) is 20.3. The van der Waals surface area contributed by atoms with Gasteiger partial charge in [0.2, 0.25) is 0 Å². The summed E-state index contributed by atoms with van der Waals surface area (Å²) in [6.07, 6.45) is 0.